The number of aliphatic hydroxyl groups excluding tert-OH is 1. The van der Waals surface area contributed by atoms with E-state index >= 15 is 0 Å². The van der Waals surface area contributed by atoms with E-state index in [1.165, 1.54) is 0 Å². The van der Waals surface area contributed by atoms with Crippen molar-refractivity contribution in [3.05, 3.63) is 33.8 Å². The molecule has 80 valence electrons. The topological polar surface area (TPSA) is 40.5 Å². The first-order valence-corrected chi connectivity index (χ1v) is 5.82. The number of phenolic OH excluding ortho intramolecular Hbond substituents is 1. The molecule has 1 aromatic carbocycles. The van der Waals surface area contributed by atoms with E-state index in [1.807, 2.05) is 25.1 Å². The van der Waals surface area contributed by atoms with Gasteiger partial charge in [-0.2, -0.15) is 0 Å². The lowest BCUT2D eigenvalue weighted by Crippen LogP contribution is -2.14. The summed E-state index contributed by atoms with van der Waals surface area (Å²) in [7, 11) is 0. The third-order valence-corrected chi connectivity index (χ3v) is 3.55. The highest BCUT2D eigenvalue weighted by Crippen LogP contribution is 2.40. The van der Waals surface area contributed by atoms with Crippen molar-refractivity contribution in [2.45, 2.75) is 19.4 Å². The molecule has 2 nitrogen and oxygen atoms in total. The molecule has 15 heavy (non-hydrogen) atoms. The minimum absolute atomic E-state index is 0.151. The van der Waals surface area contributed by atoms with Gasteiger partial charge in [0.15, 0.2) is 0 Å². The highest BCUT2D eigenvalue weighted by molar-refractivity contribution is 9.10. The molecule has 1 aromatic rings. The van der Waals surface area contributed by atoms with Gasteiger partial charge in [-0.15, -0.1) is 0 Å². The molecule has 2 rings (SSSR count). The van der Waals surface area contributed by atoms with E-state index in [4.69, 9.17) is 0 Å². The highest BCUT2D eigenvalue weighted by Gasteiger charge is 2.25. The maximum atomic E-state index is 10.1. The van der Waals surface area contributed by atoms with E-state index in [1.54, 1.807) is 6.07 Å². The molecule has 1 aliphatic carbocycles. The van der Waals surface area contributed by atoms with Gasteiger partial charge in [0.25, 0.3) is 0 Å². The molecule has 0 saturated heterocycles. The van der Waals surface area contributed by atoms with Crippen LogP contribution < -0.4 is 0 Å². The van der Waals surface area contributed by atoms with E-state index < -0.39 is 6.10 Å². The van der Waals surface area contributed by atoms with Crippen LogP contribution in [-0.2, 0) is 0 Å². The molecule has 0 saturated carbocycles. The number of halogens is 1. The lowest BCUT2D eigenvalue weighted by Gasteiger charge is -2.25. The lowest BCUT2D eigenvalue weighted by atomic mass is 9.85. The molecule has 2 atom stereocenters. The SMILES string of the molecule is CCC1C=Cc2c(ccc(Br)c2O)C1O. The van der Waals surface area contributed by atoms with E-state index in [2.05, 4.69) is 15.9 Å². The Morgan fingerprint density at radius 3 is 2.80 bits per heavy atom. The summed E-state index contributed by atoms with van der Waals surface area (Å²) >= 11 is 3.26. The Morgan fingerprint density at radius 1 is 1.40 bits per heavy atom. The Bertz CT molecular complexity index is 412. The Labute approximate surface area is 97.4 Å². The first-order chi connectivity index (χ1) is 7.15. The number of phenols is 1. The summed E-state index contributed by atoms with van der Waals surface area (Å²) in [6.45, 7) is 2.04. The Morgan fingerprint density at radius 2 is 2.13 bits per heavy atom. The van der Waals surface area contributed by atoms with Gasteiger partial charge < -0.3 is 10.2 Å². The van der Waals surface area contributed by atoms with Gasteiger partial charge in [0.2, 0.25) is 0 Å². The number of benzene rings is 1. The van der Waals surface area contributed by atoms with Crippen LogP contribution in [0.25, 0.3) is 6.08 Å². The largest absolute Gasteiger partial charge is 0.506 e. The maximum Gasteiger partial charge on any atom is 0.137 e. The van der Waals surface area contributed by atoms with Crippen LogP contribution in [0.4, 0.5) is 0 Å². The van der Waals surface area contributed by atoms with E-state index in [0.717, 1.165) is 17.5 Å². The number of aromatic hydroxyl groups is 1. The molecule has 0 radical (unpaired) electrons. The average molecular weight is 269 g/mol. The normalized spacial score (nSPS) is 23.9. The van der Waals surface area contributed by atoms with Crippen molar-refractivity contribution in [2.24, 2.45) is 5.92 Å². The second kappa shape index (κ2) is 3.99. The van der Waals surface area contributed by atoms with Gasteiger partial charge in [0.1, 0.15) is 5.75 Å². The van der Waals surface area contributed by atoms with Crippen LogP contribution in [-0.4, -0.2) is 10.2 Å². The van der Waals surface area contributed by atoms with Crippen molar-refractivity contribution in [1.29, 1.82) is 0 Å². The summed E-state index contributed by atoms with van der Waals surface area (Å²) < 4.78 is 0.660. The number of aliphatic hydroxyl groups is 1. The third kappa shape index (κ3) is 1.70. The summed E-state index contributed by atoms with van der Waals surface area (Å²) in [5, 5.41) is 19.9. The molecule has 0 aliphatic heterocycles. The second-order valence-corrected chi connectivity index (χ2v) is 4.63. The molecule has 0 bridgehead atoms. The molecule has 0 heterocycles. The van der Waals surface area contributed by atoms with Gasteiger partial charge in [-0.25, -0.2) is 0 Å². The van der Waals surface area contributed by atoms with Crippen LogP contribution in [0.3, 0.4) is 0 Å². The number of rotatable bonds is 1. The van der Waals surface area contributed by atoms with E-state index in [0.29, 0.717) is 4.47 Å². The fourth-order valence-corrected chi connectivity index (χ4v) is 2.29. The summed E-state index contributed by atoms with van der Waals surface area (Å²) in [5.74, 6) is 0.357. The monoisotopic (exact) mass is 268 g/mol. The molecule has 2 unspecified atom stereocenters. The van der Waals surface area contributed by atoms with Crippen LogP contribution in [0.5, 0.6) is 5.75 Å². The first kappa shape index (κ1) is 10.7. The van der Waals surface area contributed by atoms with Gasteiger partial charge in [0, 0.05) is 11.5 Å². The van der Waals surface area contributed by atoms with Crippen molar-refractivity contribution in [2.75, 3.05) is 0 Å². The zero-order valence-electron chi connectivity index (χ0n) is 8.44. The molecule has 0 amide bonds. The predicted molar refractivity (Wildman–Crippen MR) is 63.6 cm³/mol. The predicted octanol–water partition coefficient (Wildman–Crippen LogP) is 3.24. The van der Waals surface area contributed by atoms with Gasteiger partial charge in [-0.3, -0.25) is 0 Å². The van der Waals surface area contributed by atoms with Gasteiger partial charge in [-0.1, -0.05) is 25.1 Å². The van der Waals surface area contributed by atoms with Crippen molar-refractivity contribution in [3.8, 4) is 5.75 Å². The molecular formula is C12H13BrO2. The molecular weight excluding hydrogens is 256 g/mol. The molecule has 2 N–H and O–H groups in total. The Kier molecular flexibility index (Phi) is 2.85. The fraction of sp³-hybridized carbons (Fsp3) is 0.333. The van der Waals surface area contributed by atoms with Crippen LogP contribution >= 0.6 is 15.9 Å². The number of hydrogen-bond acceptors (Lipinski definition) is 2. The standard InChI is InChI=1S/C12H13BrO2/c1-2-7-3-4-9-8(11(7)14)5-6-10(13)12(9)15/h3-7,11,14-15H,2H2,1H3. The average Bonchev–Trinajstić information content (AvgIpc) is 2.24. The van der Waals surface area contributed by atoms with Gasteiger partial charge >= 0.3 is 0 Å². The molecule has 3 heteroatoms. The van der Waals surface area contributed by atoms with Gasteiger partial charge in [0.05, 0.1) is 10.6 Å². The molecule has 0 fully saturated rings. The number of fused-ring (bicyclic) bond motifs is 1. The van der Waals surface area contributed by atoms with Crippen molar-refractivity contribution < 1.29 is 10.2 Å². The zero-order chi connectivity index (χ0) is 11.0. The van der Waals surface area contributed by atoms with Crippen LogP contribution in [0.1, 0.15) is 30.6 Å². The summed E-state index contributed by atoms with van der Waals surface area (Å²) in [6, 6.07) is 3.62. The summed E-state index contributed by atoms with van der Waals surface area (Å²) in [5.41, 5.74) is 1.53. The van der Waals surface area contributed by atoms with E-state index in [9.17, 15) is 10.2 Å². The Hall–Kier alpha value is -0.800. The van der Waals surface area contributed by atoms with Crippen molar-refractivity contribution in [1.82, 2.24) is 0 Å². The van der Waals surface area contributed by atoms with Gasteiger partial charge in [-0.05, 0) is 34.0 Å². The number of hydrogen-bond donors (Lipinski definition) is 2. The van der Waals surface area contributed by atoms with Crippen molar-refractivity contribution in [3.63, 3.8) is 0 Å². The zero-order valence-corrected chi connectivity index (χ0v) is 10.0. The second-order valence-electron chi connectivity index (χ2n) is 3.77. The first-order valence-electron chi connectivity index (χ1n) is 5.02. The van der Waals surface area contributed by atoms with Crippen LogP contribution in [0.2, 0.25) is 0 Å². The van der Waals surface area contributed by atoms with E-state index in [-0.39, 0.29) is 11.7 Å². The van der Waals surface area contributed by atoms with Crippen molar-refractivity contribution >= 4 is 22.0 Å². The lowest BCUT2D eigenvalue weighted by molar-refractivity contribution is 0.127. The smallest absolute Gasteiger partial charge is 0.137 e. The molecule has 0 aromatic heterocycles. The summed E-state index contributed by atoms with van der Waals surface area (Å²) in [6.07, 6.45) is 4.23. The third-order valence-electron chi connectivity index (χ3n) is 2.91. The quantitative estimate of drug-likeness (QED) is 0.821. The maximum absolute atomic E-state index is 10.1. The minimum atomic E-state index is -0.506. The fourth-order valence-electron chi connectivity index (χ4n) is 1.95. The summed E-state index contributed by atoms with van der Waals surface area (Å²) in [4.78, 5) is 0. The minimum Gasteiger partial charge on any atom is -0.506 e. The molecule has 0 spiro atoms. The Balaban J connectivity index is 2.53. The molecule has 1 aliphatic rings. The van der Waals surface area contributed by atoms with Crippen LogP contribution in [0.15, 0.2) is 22.7 Å². The van der Waals surface area contributed by atoms with Crippen LogP contribution in [0, 0.1) is 5.92 Å². The highest BCUT2D eigenvalue weighted by atomic mass is 79.9.